The molecule has 38 heavy (non-hydrogen) atoms. The van der Waals surface area contributed by atoms with E-state index in [0.717, 1.165) is 38.9 Å². The summed E-state index contributed by atoms with van der Waals surface area (Å²) in [7, 11) is 0. The summed E-state index contributed by atoms with van der Waals surface area (Å²) in [5.74, 6) is 1.25. The van der Waals surface area contributed by atoms with Crippen LogP contribution in [0.1, 0.15) is 181 Å². The highest BCUT2D eigenvalue weighted by atomic mass is 16.3. The molecule has 1 rings (SSSR count). The second-order valence-corrected chi connectivity index (χ2v) is 12.0. The standard InChI is InChI=1S/C34H66N2O2/c1-3-5-7-9-11-13-15-17-19-21-23-25-27-34-35-29-31-36(34)30-28-33(38)32(37)26-24-22-20-18-16-14-12-10-8-6-4-2/h33,38H,3-31H2,1-2H3. The number of carbonyl (C=O) groups excluding carboxylic acids is 1. The number of nitrogens with zero attached hydrogens (tertiary/aromatic N) is 2. The minimum Gasteiger partial charge on any atom is -0.385 e. The van der Waals surface area contributed by atoms with Crippen LogP contribution in [0.5, 0.6) is 0 Å². The van der Waals surface area contributed by atoms with Crippen molar-refractivity contribution in [2.45, 2.75) is 187 Å². The van der Waals surface area contributed by atoms with Crippen molar-refractivity contribution >= 4 is 11.6 Å². The first kappa shape index (κ1) is 35.1. The molecule has 4 nitrogen and oxygen atoms in total. The molecule has 0 fully saturated rings. The minimum absolute atomic E-state index is 0.0413. The molecule has 0 saturated carbocycles. The smallest absolute Gasteiger partial charge is 0.161 e. The molecule has 0 aromatic carbocycles. The molecule has 1 N–H and O–H groups in total. The van der Waals surface area contributed by atoms with E-state index in [9.17, 15) is 9.90 Å². The molecule has 1 aliphatic rings. The number of hydrogen-bond donors (Lipinski definition) is 1. The van der Waals surface area contributed by atoms with Gasteiger partial charge in [-0.3, -0.25) is 9.79 Å². The number of hydrogen-bond acceptors (Lipinski definition) is 4. The molecule has 4 heteroatoms. The quantitative estimate of drug-likeness (QED) is 0.0971. The zero-order chi connectivity index (χ0) is 27.5. The number of ketones is 1. The lowest BCUT2D eigenvalue weighted by Crippen LogP contribution is -2.33. The van der Waals surface area contributed by atoms with Crippen molar-refractivity contribution in [3.8, 4) is 0 Å². The van der Waals surface area contributed by atoms with Crippen LogP contribution in [0, 0.1) is 0 Å². The van der Waals surface area contributed by atoms with Gasteiger partial charge in [0, 0.05) is 25.9 Å². The van der Waals surface area contributed by atoms with E-state index in [4.69, 9.17) is 4.99 Å². The van der Waals surface area contributed by atoms with Crippen molar-refractivity contribution in [1.29, 1.82) is 0 Å². The fourth-order valence-corrected chi connectivity index (χ4v) is 5.70. The molecule has 0 bridgehead atoms. The van der Waals surface area contributed by atoms with Crippen LogP contribution in [-0.4, -0.2) is 47.4 Å². The average molecular weight is 535 g/mol. The maximum atomic E-state index is 12.4. The normalized spacial score (nSPS) is 14.3. The van der Waals surface area contributed by atoms with Gasteiger partial charge in [0.1, 0.15) is 6.10 Å². The van der Waals surface area contributed by atoms with Crippen LogP contribution in [0.25, 0.3) is 0 Å². The van der Waals surface area contributed by atoms with E-state index in [-0.39, 0.29) is 5.78 Å². The number of amidine groups is 1. The predicted molar refractivity (Wildman–Crippen MR) is 166 cm³/mol. The van der Waals surface area contributed by atoms with Crippen LogP contribution in [0.2, 0.25) is 0 Å². The van der Waals surface area contributed by atoms with E-state index in [1.165, 1.54) is 141 Å². The van der Waals surface area contributed by atoms with Gasteiger partial charge in [-0.25, -0.2) is 0 Å². The summed E-state index contributed by atoms with van der Waals surface area (Å²) in [5.41, 5.74) is 0. The van der Waals surface area contributed by atoms with Crippen LogP contribution >= 0.6 is 0 Å². The Balaban J connectivity index is 1.97. The van der Waals surface area contributed by atoms with Crippen LogP contribution in [0.4, 0.5) is 0 Å². The lowest BCUT2D eigenvalue weighted by molar-refractivity contribution is -0.127. The second kappa shape index (κ2) is 26.3. The summed E-state index contributed by atoms with van der Waals surface area (Å²) in [6, 6.07) is 0. The predicted octanol–water partition coefficient (Wildman–Crippen LogP) is 9.81. The third-order valence-electron chi connectivity index (χ3n) is 8.35. The molecule has 224 valence electrons. The van der Waals surface area contributed by atoms with Gasteiger partial charge in [0.05, 0.1) is 12.4 Å². The zero-order valence-corrected chi connectivity index (χ0v) is 25.8. The van der Waals surface area contributed by atoms with Crippen LogP contribution < -0.4 is 0 Å². The third-order valence-corrected chi connectivity index (χ3v) is 8.35. The third kappa shape index (κ3) is 20.1. The molecule has 1 heterocycles. The molecular formula is C34H66N2O2. The fourth-order valence-electron chi connectivity index (χ4n) is 5.70. The number of unbranched alkanes of at least 4 members (excludes halogenated alkanes) is 21. The van der Waals surface area contributed by atoms with Gasteiger partial charge in [-0.15, -0.1) is 0 Å². The first-order chi connectivity index (χ1) is 18.7. The van der Waals surface area contributed by atoms with Gasteiger partial charge in [0.25, 0.3) is 0 Å². The number of aliphatic hydroxyl groups is 1. The van der Waals surface area contributed by atoms with Crippen LogP contribution in [0.15, 0.2) is 4.99 Å². The van der Waals surface area contributed by atoms with Gasteiger partial charge in [-0.2, -0.15) is 0 Å². The highest BCUT2D eigenvalue weighted by Gasteiger charge is 2.20. The maximum absolute atomic E-state index is 12.4. The molecule has 0 aliphatic carbocycles. The zero-order valence-electron chi connectivity index (χ0n) is 25.8. The SMILES string of the molecule is CCCCCCCCCCCCCCC1=NCCN1CCC(O)C(=O)CCCCCCCCCCCCC. The monoisotopic (exact) mass is 535 g/mol. The summed E-state index contributed by atoms with van der Waals surface area (Å²) in [5, 5.41) is 10.4. The first-order valence-electron chi connectivity index (χ1n) is 17.2. The van der Waals surface area contributed by atoms with Crippen molar-refractivity contribution in [3.05, 3.63) is 0 Å². The maximum Gasteiger partial charge on any atom is 0.161 e. The minimum atomic E-state index is -0.799. The highest BCUT2D eigenvalue weighted by molar-refractivity contribution is 5.84. The molecule has 0 spiro atoms. The van der Waals surface area contributed by atoms with E-state index < -0.39 is 6.10 Å². The Morgan fingerprint density at radius 3 is 1.58 bits per heavy atom. The summed E-state index contributed by atoms with van der Waals surface area (Å²) in [6.07, 6.45) is 32.0. The molecule has 0 radical (unpaired) electrons. The Morgan fingerprint density at radius 2 is 1.11 bits per heavy atom. The summed E-state index contributed by atoms with van der Waals surface area (Å²) in [6.45, 7) is 7.14. The van der Waals surface area contributed by atoms with E-state index in [2.05, 4.69) is 18.7 Å². The van der Waals surface area contributed by atoms with Gasteiger partial charge >= 0.3 is 0 Å². The molecule has 1 unspecified atom stereocenters. The van der Waals surface area contributed by atoms with Crippen LogP contribution in [-0.2, 0) is 4.79 Å². The van der Waals surface area contributed by atoms with Gasteiger partial charge in [0.2, 0.25) is 0 Å². The Bertz CT molecular complexity index is 563. The molecule has 0 amide bonds. The molecular weight excluding hydrogens is 468 g/mol. The summed E-state index contributed by atoms with van der Waals surface area (Å²) < 4.78 is 0. The van der Waals surface area contributed by atoms with Gasteiger partial charge in [-0.1, -0.05) is 149 Å². The molecule has 0 aromatic rings. The number of carbonyl (C=O) groups is 1. The first-order valence-corrected chi connectivity index (χ1v) is 17.2. The van der Waals surface area contributed by atoms with E-state index in [1.54, 1.807) is 0 Å². The second-order valence-electron chi connectivity index (χ2n) is 12.0. The van der Waals surface area contributed by atoms with Crippen molar-refractivity contribution in [3.63, 3.8) is 0 Å². The summed E-state index contributed by atoms with van der Waals surface area (Å²) >= 11 is 0. The Labute approximate surface area is 237 Å². The van der Waals surface area contributed by atoms with Gasteiger partial charge < -0.3 is 10.0 Å². The number of Topliss-reactive ketones (excluding diaryl/α,β-unsaturated/α-hetero) is 1. The Morgan fingerprint density at radius 1 is 0.684 bits per heavy atom. The van der Waals surface area contributed by atoms with Gasteiger partial charge in [0.15, 0.2) is 5.78 Å². The van der Waals surface area contributed by atoms with Crippen molar-refractivity contribution in [2.75, 3.05) is 19.6 Å². The molecule has 1 aliphatic heterocycles. The average Bonchev–Trinajstić information content (AvgIpc) is 3.38. The lowest BCUT2D eigenvalue weighted by atomic mass is 10.0. The fraction of sp³-hybridized carbons (Fsp3) is 0.941. The van der Waals surface area contributed by atoms with Gasteiger partial charge in [-0.05, 0) is 19.3 Å². The molecule has 0 saturated heterocycles. The largest absolute Gasteiger partial charge is 0.385 e. The van der Waals surface area contributed by atoms with E-state index in [0.29, 0.717) is 12.8 Å². The lowest BCUT2D eigenvalue weighted by Gasteiger charge is -2.21. The summed E-state index contributed by atoms with van der Waals surface area (Å²) in [4.78, 5) is 19.4. The molecule has 1 atom stereocenters. The topological polar surface area (TPSA) is 52.9 Å². The van der Waals surface area contributed by atoms with E-state index in [1.807, 2.05) is 0 Å². The Hall–Kier alpha value is -0.900. The number of aliphatic imine (C=N–C) groups is 1. The number of aliphatic hydroxyl groups excluding tert-OH is 1. The number of rotatable bonds is 29. The highest BCUT2D eigenvalue weighted by Crippen LogP contribution is 2.16. The van der Waals surface area contributed by atoms with Crippen molar-refractivity contribution in [2.24, 2.45) is 4.99 Å². The van der Waals surface area contributed by atoms with Crippen LogP contribution in [0.3, 0.4) is 0 Å². The van der Waals surface area contributed by atoms with E-state index >= 15 is 0 Å². The van der Waals surface area contributed by atoms with Crippen molar-refractivity contribution in [1.82, 2.24) is 4.90 Å². The Kier molecular flexibility index (Phi) is 24.3. The molecule has 0 aromatic heterocycles. The van der Waals surface area contributed by atoms with Crippen molar-refractivity contribution < 1.29 is 9.90 Å².